The summed E-state index contributed by atoms with van der Waals surface area (Å²) in [4.78, 5) is 37.9. The zero-order chi connectivity index (χ0) is 26.0. The number of carbonyl (C=O) groups is 2. The second-order valence-electron chi connectivity index (χ2n) is 11.2. The van der Waals surface area contributed by atoms with Gasteiger partial charge in [0.15, 0.2) is 0 Å². The van der Waals surface area contributed by atoms with Crippen molar-refractivity contribution >= 4 is 28.9 Å². The van der Waals surface area contributed by atoms with Crippen LogP contribution in [-0.2, 0) is 10.2 Å². The van der Waals surface area contributed by atoms with E-state index in [4.69, 9.17) is 4.74 Å². The number of thiophene rings is 1. The van der Waals surface area contributed by atoms with Gasteiger partial charge in [-0.2, -0.15) is 0 Å². The molecule has 0 aliphatic heterocycles. The molecule has 1 amide bonds. The van der Waals surface area contributed by atoms with Crippen molar-refractivity contribution in [3.63, 3.8) is 0 Å². The Balaban J connectivity index is 1.64. The van der Waals surface area contributed by atoms with Crippen molar-refractivity contribution in [2.75, 3.05) is 4.90 Å². The average Bonchev–Trinajstić information content (AvgIpc) is 3.27. The minimum absolute atomic E-state index is 0.0219. The van der Waals surface area contributed by atoms with E-state index >= 15 is 0 Å². The van der Waals surface area contributed by atoms with Crippen LogP contribution in [0.2, 0.25) is 0 Å². The molecule has 0 aromatic carbocycles. The van der Waals surface area contributed by atoms with Crippen molar-refractivity contribution < 1.29 is 19.4 Å². The van der Waals surface area contributed by atoms with Crippen LogP contribution in [-0.4, -0.2) is 39.1 Å². The highest BCUT2D eigenvalue weighted by Crippen LogP contribution is 2.42. The number of hydrogen-bond donors (Lipinski definition) is 1. The summed E-state index contributed by atoms with van der Waals surface area (Å²) in [6.45, 7) is 10.5. The Morgan fingerprint density at radius 1 is 1.14 bits per heavy atom. The van der Waals surface area contributed by atoms with Gasteiger partial charge in [-0.15, -0.1) is 11.3 Å². The van der Waals surface area contributed by atoms with E-state index in [1.54, 1.807) is 18.5 Å². The second kappa shape index (κ2) is 10.7. The Hall–Kier alpha value is -2.74. The van der Waals surface area contributed by atoms with Gasteiger partial charge >= 0.3 is 12.0 Å². The summed E-state index contributed by atoms with van der Waals surface area (Å²) in [6, 6.07) is 3.99. The highest BCUT2D eigenvalue weighted by molar-refractivity contribution is 7.14. The van der Waals surface area contributed by atoms with E-state index in [1.165, 1.54) is 16.9 Å². The van der Waals surface area contributed by atoms with Crippen LogP contribution in [0.15, 0.2) is 36.2 Å². The van der Waals surface area contributed by atoms with Crippen LogP contribution in [0.3, 0.4) is 0 Å². The Bertz CT molecular complexity index is 1110. The number of carbonyl (C=O) groups excluding carboxylic acids is 1. The predicted molar refractivity (Wildman–Crippen MR) is 142 cm³/mol. The summed E-state index contributed by atoms with van der Waals surface area (Å²) >= 11 is 1.29. The lowest BCUT2D eigenvalue weighted by atomic mass is 9.79. The molecule has 7 nitrogen and oxygen atoms in total. The maximum atomic E-state index is 14.2. The van der Waals surface area contributed by atoms with Crippen molar-refractivity contribution in [2.24, 2.45) is 11.8 Å². The van der Waals surface area contributed by atoms with Crippen LogP contribution in [0, 0.1) is 11.8 Å². The second-order valence-corrected chi connectivity index (χ2v) is 12.3. The number of hydrogen-bond acceptors (Lipinski definition) is 6. The maximum absolute atomic E-state index is 14.2. The third-order valence-corrected chi connectivity index (χ3v) is 8.87. The number of allylic oxidation sites excluding steroid dienone is 2. The van der Waals surface area contributed by atoms with Crippen molar-refractivity contribution in [3.8, 4) is 6.01 Å². The Morgan fingerprint density at radius 3 is 2.39 bits per heavy atom. The normalized spacial score (nSPS) is 24.6. The average molecular weight is 512 g/mol. The number of aromatic carboxylic acids is 1. The first kappa shape index (κ1) is 26.3. The van der Waals surface area contributed by atoms with E-state index in [1.807, 2.05) is 11.0 Å². The van der Waals surface area contributed by atoms with Crippen molar-refractivity contribution in [1.29, 1.82) is 0 Å². The molecule has 0 unspecified atom stereocenters. The standard InChI is InChI=1S/C28H37N3O4S/c1-17-7-12-21(18(2)15-17)25(32)31(22-16-23(28(3,4)5)36-24(22)26(33)34)19-8-10-20(11-9-19)35-27-29-13-6-14-30-27/h6-7,13-14,16,18-21H,8-12,15H2,1-5H3,(H,33,34)/t18-,19-,20-,21-/m0/s1. The molecule has 0 spiro atoms. The number of rotatable bonds is 6. The van der Waals surface area contributed by atoms with Gasteiger partial charge in [0, 0.05) is 29.2 Å². The molecule has 2 aromatic heterocycles. The number of carboxylic acids is 1. The summed E-state index contributed by atoms with van der Waals surface area (Å²) in [7, 11) is 0. The summed E-state index contributed by atoms with van der Waals surface area (Å²) in [6.07, 6.45) is 10.0. The van der Waals surface area contributed by atoms with Gasteiger partial charge in [0.2, 0.25) is 5.91 Å². The molecule has 36 heavy (non-hydrogen) atoms. The molecular weight excluding hydrogens is 474 g/mol. The first-order valence-corrected chi connectivity index (χ1v) is 13.7. The molecule has 0 saturated heterocycles. The molecule has 0 radical (unpaired) electrons. The quantitative estimate of drug-likeness (QED) is 0.461. The van der Waals surface area contributed by atoms with Crippen molar-refractivity contribution in [2.45, 2.75) is 90.7 Å². The first-order chi connectivity index (χ1) is 17.0. The minimum atomic E-state index is -0.978. The summed E-state index contributed by atoms with van der Waals surface area (Å²) in [5.74, 6) is -0.870. The number of amides is 1. The highest BCUT2D eigenvalue weighted by atomic mass is 32.1. The fourth-order valence-electron chi connectivity index (χ4n) is 5.31. The third-order valence-electron chi connectivity index (χ3n) is 7.33. The zero-order valence-corrected chi connectivity index (χ0v) is 22.7. The number of nitrogens with zero attached hydrogens (tertiary/aromatic N) is 3. The summed E-state index contributed by atoms with van der Waals surface area (Å²) in [5, 5.41) is 10.1. The summed E-state index contributed by atoms with van der Waals surface area (Å²) < 4.78 is 5.98. The fourth-order valence-corrected chi connectivity index (χ4v) is 6.36. The van der Waals surface area contributed by atoms with Gasteiger partial charge in [-0.1, -0.05) is 39.3 Å². The fraction of sp³-hybridized carbons (Fsp3) is 0.571. The molecular formula is C28H37N3O4S. The molecule has 8 heteroatoms. The maximum Gasteiger partial charge on any atom is 0.348 e. The molecule has 1 N–H and O–H groups in total. The van der Waals surface area contributed by atoms with E-state index in [2.05, 4.69) is 50.7 Å². The molecule has 194 valence electrons. The van der Waals surface area contributed by atoms with Gasteiger partial charge in [0.05, 0.1) is 5.69 Å². The Kier molecular flexibility index (Phi) is 7.83. The number of carboxylic acid groups (broad SMARTS) is 1. The van der Waals surface area contributed by atoms with Crippen LogP contribution < -0.4 is 9.64 Å². The van der Waals surface area contributed by atoms with Gasteiger partial charge in [-0.25, -0.2) is 14.8 Å². The molecule has 2 heterocycles. The van der Waals surface area contributed by atoms with Crippen LogP contribution in [0.4, 0.5) is 5.69 Å². The zero-order valence-electron chi connectivity index (χ0n) is 21.9. The van der Waals surface area contributed by atoms with E-state index < -0.39 is 5.97 Å². The van der Waals surface area contributed by atoms with Crippen LogP contribution in [0.1, 0.15) is 87.7 Å². The molecule has 2 aromatic rings. The van der Waals surface area contributed by atoms with E-state index in [0.717, 1.165) is 37.0 Å². The minimum Gasteiger partial charge on any atom is -0.477 e. The van der Waals surface area contributed by atoms with Crippen LogP contribution in [0.25, 0.3) is 0 Å². The monoisotopic (exact) mass is 511 g/mol. The smallest absolute Gasteiger partial charge is 0.348 e. The molecule has 0 bridgehead atoms. The molecule has 4 rings (SSSR count). The third kappa shape index (κ3) is 5.80. The molecule has 1 saturated carbocycles. The van der Waals surface area contributed by atoms with E-state index in [0.29, 0.717) is 18.1 Å². The molecule has 2 aliphatic carbocycles. The topological polar surface area (TPSA) is 92.6 Å². The first-order valence-electron chi connectivity index (χ1n) is 12.8. The van der Waals surface area contributed by atoms with E-state index in [9.17, 15) is 14.7 Å². The number of anilines is 1. The highest BCUT2D eigenvalue weighted by Gasteiger charge is 2.39. The number of ether oxygens (including phenoxy) is 1. The SMILES string of the molecule is CC1=CC[C@H](C(=O)N(c2cc(C(C)(C)C)sc2C(=O)O)[C@H]2CC[C@H](Oc3ncccn3)CC2)[C@@H](C)C1. The lowest BCUT2D eigenvalue weighted by molar-refractivity contribution is -0.124. The van der Waals surface area contributed by atoms with Gasteiger partial charge in [-0.05, 0) is 68.9 Å². The van der Waals surface area contributed by atoms with Crippen molar-refractivity contribution in [3.05, 3.63) is 45.9 Å². The molecule has 2 aliphatic rings. The Labute approximate surface area is 217 Å². The van der Waals surface area contributed by atoms with Crippen LogP contribution in [0.5, 0.6) is 6.01 Å². The van der Waals surface area contributed by atoms with Gasteiger partial charge < -0.3 is 14.7 Å². The largest absolute Gasteiger partial charge is 0.477 e. The van der Waals surface area contributed by atoms with E-state index in [-0.39, 0.29) is 40.2 Å². The Morgan fingerprint density at radius 2 is 1.81 bits per heavy atom. The van der Waals surface area contributed by atoms with Crippen molar-refractivity contribution in [1.82, 2.24) is 9.97 Å². The molecule has 1 fully saturated rings. The predicted octanol–water partition coefficient (Wildman–Crippen LogP) is 6.25. The molecule has 2 atom stereocenters. The van der Waals surface area contributed by atoms with Gasteiger partial charge in [0.25, 0.3) is 0 Å². The summed E-state index contributed by atoms with van der Waals surface area (Å²) in [5.41, 5.74) is 1.66. The lowest BCUT2D eigenvalue weighted by Gasteiger charge is -2.40. The lowest BCUT2D eigenvalue weighted by Crippen LogP contribution is -2.48. The van der Waals surface area contributed by atoms with Gasteiger partial charge in [-0.3, -0.25) is 4.79 Å². The van der Waals surface area contributed by atoms with Gasteiger partial charge in [0.1, 0.15) is 11.0 Å². The number of aromatic nitrogens is 2. The van der Waals surface area contributed by atoms with Crippen LogP contribution >= 0.6 is 11.3 Å².